The van der Waals surface area contributed by atoms with E-state index in [1.54, 1.807) is 20.1 Å². The number of nitrogens with two attached hydrogens (primary N) is 6. The van der Waals surface area contributed by atoms with Gasteiger partial charge >= 0.3 is 0 Å². The molecule has 109 heavy (non-hydrogen) atoms. The number of phenolic OH excluding ortho intramolecular Hbond substituents is 1. The fraction of sp³-hybridized carbons (Fsp3) is 0.726. The molecule has 11 atom stereocenters. The number of phenols is 1. The summed E-state index contributed by atoms with van der Waals surface area (Å²) in [6.07, 6.45) is 17.5. The van der Waals surface area contributed by atoms with Crippen molar-refractivity contribution >= 4 is 106 Å². The van der Waals surface area contributed by atoms with Gasteiger partial charge in [0.1, 0.15) is 66.2 Å². The SMILES string of the molecule is CCCCCCCCCCCCCCCC(=O)N[C@@H](CCSC)C(=O)NCC(=O)N[C@H](Cc1ccc(O)cc1)C(=O)N[C@@H](CCC(N)=O)C(=O)N[C@@H](CCCCN)C(=O)N[C@@H](CCCCN)C(=O)N[C@@H](CC(C)C)C(=O)N[C@@H](CCCN=C(N)N)C(=O)N[C@@H](CO)C(=O)N[C@@H](CCSC)C(=O)N[C@H](C(N)=O)[C@@H](C)O. The van der Waals surface area contributed by atoms with E-state index in [1.165, 1.54) is 106 Å². The molecule has 1 aromatic carbocycles. The number of aliphatic imine (C=N–C) groups is 1. The van der Waals surface area contributed by atoms with Crippen molar-refractivity contribution in [3.63, 3.8) is 0 Å². The molecule has 0 aliphatic carbocycles. The molecule has 34 nitrogen and oxygen atoms in total. The minimum atomic E-state index is -1.73. The Labute approximate surface area is 651 Å². The first kappa shape index (κ1) is 98.9. The van der Waals surface area contributed by atoms with Gasteiger partial charge in [-0.2, -0.15) is 23.5 Å². The van der Waals surface area contributed by atoms with E-state index in [1.807, 2.05) is 6.26 Å². The highest BCUT2D eigenvalue weighted by atomic mass is 32.2. The number of carbonyl (C=O) groups excluding carboxylic acids is 13. The lowest BCUT2D eigenvalue weighted by Gasteiger charge is -2.28. The van der Waals surface area contributed by atoms with Crippen LogP contribution < -0.4 is 92.9 Å². The summed E-state index contributed by atoms with van der Waals surface area (Å²) in [5, 5.41) is 59.0. The second-order valence-electron chi connectivity index (χ2n) is 27.8. The largest absolute Gasteiger partial charge is 0.508 e. The number of nitrogens with one attached hydrogen (secondary N) is 11. The number of unbranched alkanes of at least 4 members (excludes halogenated alkanes) is 14. The molecule has 0 heterocycles. The third-order valence-corrected chi connectivity index (χ3v) is 19.0. The van der Waals surface area contributed by atoms with Gasteiger partial charge in [-0.15, -0.1) is 0 Å². The van der Waals surface area contributed by atoms with E-state index >= 15 is 0 Å². The van der Waals surface area contributed by atoms with Gasteiger partial charge in [0, 0.05) is 25.8 Å². The molecule has 0 unspecified atom stereocenters. The molecule has 0 aliphatic heterocycles. The van der Waals surface area contributed by atoms with E-state index in [-0.39, 0.29) is 114 Å². The Kier molecular flexibility index (Phi) is 53.4. The number of amides is 13. The number of carbonyl (C=O) groups is 13. The van der Waals surface area contributed by atoms with Crippen LogP contribution in [0.3, 0.4) is 0 Å². The third kappa shape index (κ3) is 45.0. The third-order valence-electron chi connectivity index (χ3n) is 17.8. The Balaban J connectivity index is 3.55. The first-order valence-corrected chi connectivity index (χ1v) is 41.1. The van der Waals surface area contributed by atoms with Crippen molar-refractivity contribution in [3.05, 3.63) is 29.8 Å². The van der Waals surface area contributed by atoms with Crippen LogP contribution in [0, 0.1) is 5.92 Å². The molecule has 0 aromatic heterocycles. The fourth-order valence-corrected chi connectivity index (χ4v) is 12.5. The summed E-state index contributed by atoms with van der Waals surface area (Å²) in [6.45, 7) is 5.63. The summed E-state index contributed by atoms with van der Waals surface area (Å²) in [5.41, 5.74) is 34.2. The van der Waals surface area contributed by atoms with Crippen LogP contribution in [-0.4, -0.2) is 221 Å². The quantitative estimate of drug-likeness (QED) is 0.0219. The summed E-state index contributed by atoms with van der Waals surface area (Å²) in [4.78, 5) is 183. The van der Waals surface area contributed by atoms with E-state index in [0.29, 0.717) is 36.3 Å². The molecule has 0 saturated carbocycles. The molecule has 620 valence electrons. The first-order chi connectivity index (χ1) is 51.9. The van der Waals surface area contributed by atoms with Gasteiger partial charge in [-0.25, -0.2) is 0 Å². The maximum absolute atomic E-state index is 14.7. The highest BCUT2D eigenvalue weighted by Gasteiger charge is 2.37. The Morgan fingerprint density at radius 2 is 0.835 bits per heavy atom. The molecule has 1 rings (SSSR count). The van der Waals surface area contributed by atoms with E-state index < -0.39 is 163 Å². The normalized spacial score (nSPS) is 14.2. The van der Waals surface area contributed by atoms with Crippen molar-refractivity contribution in [2.75, 3.05) is 56.8 Å². The molecule has 0 spiro atoms. The number of aliphatic hydroxyl groups is 2. The molecular weight excluding hydrogens is 1450 g/mol. The number of benzene rings is 1. The van der Waals surface area contributed by atoms with E-state index in [4.69, 9.17) is 34.4 Å². The topological polar surface area (TPSA) is 583 Å². The molecule has 0 bridgehead atoms. The summed E-state index contributed by atoms with van der Waals surface area (Å²) in [6, 6.07) is -8.70. The summed E-state index contributed by atoms with van der Waals surface area (Å²) in [7, 11) is 0. The monoisotopic (exact) mass is 1580 g/mol. The van der Waals surface area contributed by atoms with Crippen molar-refractivity contribution in [1.29, 1.82) is 0 Å². The lowest BCUT2D eigenvalue weighted by Crippen LogP contribution is -2.61. The number of nitrogens with zero attached hydrogens (tertiary/aromatic N) is 1. The average Bonchev–Trinajstić information content (AvgIpc) is 0.862. The summed E-state index contributed by atoms with van der Waals surface area (Å²) < 4.78 is 0. The Morgan fingerprint density at radius 1 is 0.440 bits per heavy atom. The van der Waals surface area contributed by atoms with Crippen molar-refractivity contribution < 1.29 is 77.6 Å². The average molecular weight is 1580 g/mol. The standard InChI is InChI=1S/C73H130N18O16S2/c1-7-8-9-10-11-12-13-14-15-16-17-18-19-28-60(96)82-54(35-40-108-5)64(99)81-44-61(97)83-57(43-48-29-31-49(94)32-30-48)71(106)87-53(33-34-59(76)95)68(103)85-50(25-20-22-37-74)65(100)84-51(26-21-23-38-75)66(101)89-56(42-46(2)3)70(105)86-52(27-24-39-80-73(78)79)67(102)90-58(45-92)72(107)88-55(36-41-109-6)69(104)91-62(47(4)93)63(77)98/h29-32,46-47,50-58,62,92-94H,7-28,33-45,74-75H2,1-6H3,(H2,76,95)(H2,77,98)(H,81,99)(H,82,96)(H,83,97)(H,84,100)(H,85,103)(H,86,105)(H,87,106)(H,88,107)(H,89,101)(H,90,102)(H,91,104)(H4,78,79,80)/t47-,50+,51+,52+,53+,54+,55+,56+,57-,58+,62+/m1/s1. The predicted octanol–water partition coefficient (Wildman–Crippen LogP) is -0.632. The molecule has 0 radical (unpaired) electrons. The van der Waals surface area contributed by atoms with Crippen LogP contribution in [-0.2, 0) is 68.7 Å². The Bertz CT molecular complexity index is 2950. The second kappa shape index (κ2) is 58.8. The van der Waals surface area contributed by atoms with Crippen molar-refractivity contribution in [2.24, 2.45) is 45.3 Å². The minimum absolute atomic E-state index is 0.000659. The number of hydrogen-bond acceptors (Lipinski definition) is 21. The molecular formula is C73H130N18O16S2. The number of aliphatic hydroxyl groups excluding tert-OH is 2. The summed E-state index contributed by atoms with van der Waals surface area (Å²) >= 11 is 2.79. The van der Waals surface area contributed by atoms with Gasteiger partial charge in [0.15, 0.2) is 5.96 Å². The van der Waals surface area contributed by atoms with Crippen LogP contribution in [0.2, 0.25) is 0 Å². The Morgan fingerprint density at radius 3 is 1.27 bits per heavy atom. The Hall–Kier alpha value is -8.06. The molecule has 13 amide bonds. The molecule has 0 saturated heterocycles. The number of rotatable bonds is 63. The van der Waals surface area contributed by atoms with Crippen LogP contribution in [0.25, 0.3) is 0 Å². The summed E-state index contributed by atoms with van der Waals surface area (Å²) in [5.74, 6) is -11.0. The van der Waals surface area contributed by atoms with Gasteiger partial charge in [0.05, 0.1) is 19.3 Å². The minimum Gasteiger partial charge on any atom is -0.508 e. The number of hydrogen-bond donors (Lipinski definition) is 20. The zero-order valence-electron chi connectivity index (χ0n) is 64.9. The molecule has 36 heteroatoms. The van der Waals surface area contributed by atoms with Gasteiger partial charge in [-0.3, -0.25) is 67.3 Å². The zero-order valence-corrected chi connectivity index (χ0v) is 66.5. The van der Waals surface area contributed by atoms with Crippen LogP contribution >= 0.6 is 23.5 Å². The lowest BCUT2D eigenvalue weighted by atomic mass is 10.0. The molecule has 1 aromatic rings. The predicted molar refractivity (Wildman–Crippen MR) is 422 cm³/mol. The van der Waals surface area contributed by atoms with Crippen molar-refractivity contribution in [2.45, 2.75) is 274 Å². The van der Waals surface area contributed by atoms with Gasteiger partial charge in [-0.05, 0) is 151 Å². The molecule has 0 fully saturated rings. The lowest BCUT2D eigenvalue weighted by molar-refractivity contribution is -0.136. The first-order valence-electron chi connectivity index (χ1n) is 38.3. The number of aromatic hydroxyl groups is 1. The maximum Gasteiger partial charge on any atom is 0.245 e. The van der Waals surface area contributed by atoms with Gasteiger partial charge in [-0.1, -0.05) is 110 Å². The van der Waals surface area contributed by atoms with Crippen LogP contribution in [0.4, 0.5) is 0 Å². The van der Waals surface area contributed by atoms with Crippen LogP contribution in [0.1, 0.15) is 207 Å². The highest BCUT2D eigenvalue weighted by Crippen LogP contribution is 2.17. The smallest absolute Gasteiger partial charge is 0.245 e. The number of primary amides is 2. The van der Waals surface area contributed by atoms with E-state index in [0.717, 1.165) is 25.7 Å². The van der Waals surface area contributed by atoms with Crippen molar-refractivity contribution in [3.8, 4) is 5.75 Å². The number of guanidine groups is 1. The van der Waals surface area contributed by atoms with Crippen LogP contribution in [0.15, 0.2) is 29.3 Å². The molecule has 26 N–H and O–H groups in total. The zero-order chi connectivity index (χ0) is 81.6. The fourth-order valence-electron chi connectivity index (χ4n) is 11.5. The maximum atomic E-state index is 14.7. The van der Waals surface area contributed by atoms with Crippen molar-refractivity contribution in [1.82, 2.24) is 58.5 Å². The van der Waals surface area contributed by atoms with Crippen LogP contribution in [0.5, 0.6) is 5.75 Å². The van der Waals surface area contributed by atoms with E-state index in [2.05, 4.69) is 70.4 Å². The second-order valence-corrected chi connectivity index (χ2v) is 29.7. The van der Waals surface area contributed by atoms with Gasteiger partial charge in [0.25, 0.3) is 0 Å². The number of thioether (sulfide) groups is 2. The highest BCUT2D eigenvalue weighted by molar-refractivity contribution is 7.98. The van der Waals surface area contributed by atoms with Gasteiger partial charge < -0.3 is 108 Å². The molecule has 0 aliphatic rings. The van der Waals surface area contributed by atoms with E-state index in [9.17, 15) is 77.6 Å². The van der Waals surface area contributed by atoms with Gasteiger partial charge in [0.2, 0.25) is 76.8 Å².